The summed E-state index contributed by atoms with van der Waals surface area (Å²) >= 11 is 0. The monoisotopic (exact) mass is 558 g/mol. The van der Waals surface area contributed by atoms with Gasteiger partial charge in [-0.25, -0.2) is 0 Å². The third kappa shape index (κ3) is 4.83. The summed E-state index contributed by atoms with van der Waals surface area (Å²) in [6, 6.07) is 21.2. The molecule has 41 heavy (non-hydrogen) atoms. The quantitative estimate of drug-likeness (QED) is 0.235. The van der Waals surface area contributed by atoms with Crippen molar-refractivity contribution in [3.05, 3.63) is 101 Å². The van der Waals surface area contributed by atoms with Crippen molar-refractivity contribution in [2.24, 2.45) is 0 Å². The number of aliphatic hydroxyl groups excluding tert-OH is 2. The van der Waals surface area contributed by atoms with Crippen LogP contribution in [0.3, 0.4) is 0 Å². The van der Waals surface area contributed by atoms with Crippen LogP contribution in [0.1, 0.15) is 39.3 Å². The molecule has 2 unspecified atom stereocenters. The molecule has 2 aliphatic rings. The van der Waals surface area contributed by atoms with Crippen molar-refractivity contribution >= 4 is 5.78 Å². The lowest BCUT2D eigenvalue weighted by atomic mass is 9.91. The van der Waals surface area contributed by atoms with Gasteiger partial charge in [0.15, 0.2) is 47.4 Å². The van der Waals surface area contributed by atoms with Crippen molar-refractivity contribution < 1.29 is 49.3 Å². The summed E-state index contributed by atoms with van der Waals surface area (Å²) in [5, 5.41) is 51.5. The lowest BCUT2D eigenvalue weighted by Crippen LogP contribution is -2.39. The van der Waals surface area contributed by atoms with E-state index in [1.54, 1.807) is 30.3 Å². The summed E-state index contributed by atoms with van der Waals surface area (Å²) in [5.41, 5.74) is 1.53. The van der Waals surface area contributed by atoms with Crippen LogP contribution >= 0.6 is 0 Å². The molecular weight excluding hydrogens is 532 g/mol. The smallest absolute Gasteiger partial charge is 0.202 e. The second kappa shape index (κ2) is 10.6. The third-order valence-corrected chi connectivity index (χ3v) is 7.03. The van der Waals surface area contributed by atoms with Gasteiger partial charge in [-0.15, -0.1) is 0 Å². The van der Waals surface area contributed by atoms with Crippen molar-refractivity contribution in [2.45, 2.75) is 31.0 Å². The van der Waals surface area contributed by atoms with Gasteiger partial charge in [-0.3, -0.25) is 4.79 Å². The van der Waals surface area contributed by atoms with Gasteiger partial charge >= 0.3 is 0 Å². The topological polar surface area (TPSA) is 155 Å². The Morgan fingerprint density at radius 2 is 1.56 bits per heavy atom. The molecular formula is C31H26O10. The van der Waals surface area contributed by atoms with Gasteiger partial charge in [-0.1, -0.05) is 48.5 Å². The maximum Gasteiger partial charge on any atom is 0.202 e. The molecule has 10 heteroatoms. The van der Waals surface area contributed by atoms with E-state index in [9.17, 15) is 30.3 Å². The van der Waals surface area contributed by atoms with Gasteiger partial charge in [0.1, 0.15) is 29.4 Å². The average molecular weight is 559 g/mol. The normalized spacial score (nSPS) is 21.1. The Labute approximate surface area is 234 Å². The molecule has 0 radical (unpaired) electrons. The highest BCUT2D eigenvalue weighted by atomic mass is 16.6. The molecule has 0 saturated heterocycles. The van der Waals surface area contributed by atoms with E-state index in [1.165, 1.54) is 12.1 Å². The van der Waals surface area contributed by atoms with Gasteiger partial charge in [-0.2, -0.15) is 0 Å². The minimum Gasteiger partial charge on any atom is -0.508 e. The molecule has 4 aromatic rings. The van der Waals surface area contributed by atoms with Crippen LogP contribution in [0.5, 0.6) is 40.2 Å². The molecule has 0 amide bonds. The maximum atomic E-state index is 12.9. The molecule has 0 saturated carbocycles. The van der Waals surface area contributed by atoms with Crippen molar-refractivity contribution in [3.63, 3.8) is 0 Å². The van der Waals surface area contributed by atoms with E-state index in [2.05, 4.69) is 0 Å². The largest absolute Gasteiger partial charge is 0.508 e. The van der Waals surface area contributed by atoms with Crippen LogP contribution in [0.15, 0.2) is 78.9 Å². The molecule has 2 aliphatic heterocycles. The van der Waals surface area contributed by atoms with Crippen molar-refractivity contribution in [3.8, 4) is 40.2 Å². The Balaban J connectivity index is 1.30. The number of hydrogen-bond donors (Lipinski definition) is 5. The number of benzene rings is 4. The second-order valence-electron chi connectivity index (χ2n) is 9.74. The summed E-state index contributed by atoms with van der Waals surface area (Å²) in [5.74, 6) is -1.11. The maximum absolute atomic E-state index is 12.9. The highest BCUT2D eigenvalue weighted by molar-refractivity contribution is 6.05. The summed E-state index contributed by atoms with van der Waals surface area (Å²) in [4.78, 5) is 12.9. The van der Waals surface area contributed by atoms with Crippen LogP contribution < -0.4 is 18.9 Å². The van der Waals surface area contributed by atoms with Crippen LogP contribution in [0.2, 0.25) is 0 Å². The van der Waals surface area contributed by atoms with E-state index < -0.39 is 42.6 Å². The summed E-state index contributed by atoms with van der Waals surface area (Å²) in [6.45, 7) is -0.215. The summed E-state index contributed by atoms with van der Waals surface area (Å²) in [7, 11) is 0. The Kier molecular flexibility index (Phi) is 6.78. The third-order valence-electron chi connectivity index (χ3n) is 7.03. The van der Waals surface area contributed by atoms with E-state index in [0.29, 0.717) is 5.56 Å². The SMILES string of the molecule is O=C1c2c(O)cc(O)cc2O[C@H](c2cccc3c2OC(CO)C(c2ccc(O)c(OCc4ccccc4)c2)O3)[C@H]1O. The molecule has 2 heterocycles. The van der Waals surface area contributed by atoms with E-state index in [4.69, 9.17) is 18.9 Å². The number of ether oxygens (including phenoxy) is 4. The van der Waals surface area contributed by atoms with Gasteiger partial charge in [0.25, 0.3) is 0 Å². The second-order valence-corrected chi connectivity index (χ2v) is 9.74. The fourth-order valence-corrected chi connectivity index (χ4v) is 5.02. The van der Waals surface area contributed by atoms with Crippen molar-refractivity contribution in [2.75, 3.05) is 6.61 Å². The number of fused-ring (bicyclic) bond motifs is 2. The van der Waals surface area contributed by atoms with Crippen molar-refractivity contribution in [1.82, 2.24) is 0 Å². The van der Waals surface area contributed by atoms with Crippen LogP contribution in [0.4, 0.5) is 0 Å². The first-order valence-corrected chi connectivity index (χ1v) is 12.9. The van der Waals surface area contributed by atoms with Crippen LogP contribution in [-0.2, 0) is 6.61 Å². The van der Waals surface area contributed by atoms with E-state index >= 15 is 0 Å². The number of rotatable bonds is 6. The summed E-state index contributed by atoms with van der Waals surface area (Å²) in [6.07, 6.45) is -4.65. The highest BCUT2D eigenvalue weighted by Gasteiger charge is 2.43. The number of aliphatic hydroxyl groups is 2. The number of ketones is 1. The lowest BCUT2D eigenvalue weighted by Gasteiger charge is -2.37. The molecule has 0 bridgehead atoms. The van der Waals surface area contributed by atoms with Crippen molar-refractivity contribution in [1.29, 1.82) is 0 Å². The number of hydrogen-bond acceptors (Lipinski definition) is 10. The van der Waals surface area contributed by atoms with Crippen LogP contribution in [0.25, 0.3) is 0 Å². The lowest BCUT2D eigenvalue weighted by molar-refractivity contribution is -0.0184. The number of phenols is 3. The Morgan fingerprint density at radius 3 is 2.34 bits per heavy atom. The zero-order valence-corrected chi connectivity index (χ0v) is 21.5. The Hall–Kier alpha value is -4.93. The Morgan fingerprint density at radius 1 is 0.780 bits per heavy atom. The molecule has 5 N–H and O–H groups in total. The van der Waals surface area contributed by atoms with Gasteiger partial charge in [0, 0.05) is 23.3 Å². The zero-order chi connectivity index (χ0) is 28.7. The first-order chi connectivity index (χ1) is 19.8. The molecule has 4 atom stereocenters. The molecule has 0 aliphatic carbocycles. The number of aromatic hydroxyl groups is 3. The van der Waals surface area contributed by atoms with Crippen LogP contribution in [0, 0.1) is 0 Å². The average Bonchev–Trinajstić information content (AvgIpc) is 2.97. The predicted molar refractivity (Wildman–Crippen MR) is 144 cm³/mol. The number of para-hydroxylation sites is 1. The first kappa shape index (κ1) is 26.3. The van der Waals surface area contributed by atoms with Gasteiger partial charge in [0.2, 0.25) is 5.78 Å². The van der Waals surface area contributed by atoms with E-state index in [0.717, 1.165) is 11.6 Å². The number of Topliss-reactive ketones (excluding diaryl/α,β-unsaturated/α-hetero) is 1. The fraction of sp³-hybridized carbons (Fsp3) is 0.194. The molecule has 0 fully saturated rings. The van der Waals surface area contributed by atoms with Gasteiger partial charge in [0.05, 0.1) is 6.61 Å². The van der Waals surface area contributed by atoms with E-state index in [-0.39, 0.29) is 52.2 Å². The molecule has 210 valence electrons. The Bertz CT molecular complexity index is 1600. The van der Waals surface area contributed by atoms with Gasteiger partial charge in [-0.05, 0) is 23.8 Å². The highest BCUT2D eigenvalue weighted by Crippen LogP contribution is 2.48. The molecule has 0 spiro atoms. The fourth-order valence-electron chi connectivity index (χ4n) is 5.02. The van der Waals surface area contributed by atoms with Gasteiger partial charge < -0.3 is 44.5 Å². The first-order valence-electron chi connectivity index (χ1n) is 12.9. The number of carbonyl (C=O) groups excluding carboxylic acids is 1. The predicted octanol–water partition coefficient (Wildman–Crippen LogP) is 3.93. The molecule has 0 aromatic heterocycles. The minimum absolute atomic E-state index is 0.0601. The standard InChI is InChI=1S/C31H26O10/c32-14-25-29(17-9-10-20(34)23(11-17)38-15-16-5-2-1-3-6-16)39-22-8-4-7-19(30(22)41-25)31-28(37)27(36)26-21(35)12-18(33)13-24(26)40-31/h1-13,25,28-29,31-35,37H,14-15H2/t25?,28-,29?,31+/m0/s1. The zero-order valence-electron chi connectivity index (χ0n) is 21.5. The molecule has 6 rings (SSSR count). The minimum atomic E-state index is -1.69. The van der Waals surface area contributed by atoms with E-state index in [1.807, 2.05) is 30.3 Å². The molecule has 10 nitrogen and oxygen atoms in total. The van der Waals surface area contributed by atoms with Crippen LogP contribution in [-0.4, -0.2) is 50.1 Å². The number of phenolic OH excluding ortho intramolecular Hbond substituents is 3. The summed E-state index contributed by atoms with van der Waals surface area (Å²) < 4.78 is 24.1. The number of carbonyl (C=O) groups is 1. The molecule has 4 aromatic carbocycles.